The summed E-state index contributed by atoms with van der Waals surface area (Å²) < 4.78 is 27.6. The van der Waals surface area contributed by atoms with E-state index in [2.05, 4.69) is 11.6 Å². The molecule has 0 aromatic heterocycles. The summed E-state index contributed by atoms with van der Waals surface area (Å²) in [5, 5.41) is 0. The van der Waals surface area contributed by atoms with Gasteiger partial charge in [-0.2, -0.15) is 0 Å². The van der Waals surface area contributed by atoms with Gasteiger partial charge in [-0.15, -0.1) is 0 Å². The van der Waals surface area contributed by atoms with Crippen LogP contribution in [0.1, 0.15) is 50.2 Å². The molecule has 1 fully saturated rings. The third-order valence-electron chi connectivity index (χ3n) is 4.31. The number of hydrogen-bond acceptors (Lipinski definition) is 3. The lowest BCUT2D eigenvalue weighted by molar-refractivity contribution is 0.399. The summed E-state index contributed by atoms with van der Waals surface area (Å²) in [6, 6.07) is 7.55. The summed E-state index contributed by atoms with van der Waals surface area (Å²) in [7, 11) is -3.28. The minimum Gasteiger partial charge on any atom is -0.326 e. The van der Waals surface area contributed by atoms with Crippen molar-refractivity contribution in [3.05, 3.63) is 35.4 Å². The van der Waals surface area contributed by atoms with Crippen LogP contribution >= 0.6 is 0 Å². The number of nitrogens with two attached hydrogens (primary N) is 1. The van der Waals surface area contributed by atoms with Crippen LogP contribution in [-0.4, -0.2) is 14.5 Å². The minimum absolute atomic E-state index is 0.0427. The molecule has 0 heterocycles. The third-order valence-corrected chi connectivity index (χ3v) is 5.68. The Morgan fingerprint density at radius 3 is 2.38 bits per heavy atom. The SMILES string of the molecule is CC1CCCCCC1NS(=O)(=O)Cc1ccc(CN)cc1. The van der Waals surface area contributed by atoms with Crippen LogP contribution in [0.5, 0.6) is 0 Å². The largest absolute Gasteiger partial charge is 0.326 e. The molecule has 5 heteroatoms. The molecule has 1 aromatic carbocycles. The van der Waals surface area contributed by atoms with Crippen molar-refractivity contribution in [2.24, 2.45) is 11.7 Å². The van der Waals surface area contributed by atoms with E-state index in [9.17, 15) is 8.42 Å². The molecule has 3 N–H and O–H groups in total. The van der Waals surface area contributed by atoms with Crippen LogP contribution in [0.2, 0.25) is 0 Å². The van der Waals surface area contributed by atoms with Crippen molar-refractivity contribution in [1.82, 2.24) is 4.72 Å². The number of benzene rings is 1. The van der Waals surface area contributed by atoms with Gasteiger partial charge in [0.1, 0.15) is 0 Å². The average Bonchev–Trinajstić information content (AvgIpc) is 2.64. The molecule has 0 bridgehead atoms. The fourth-order valence-corrected chi connectivity index (χ4v) is 4.46. The van der Waals surface area contributed by atoms with Gasteiger partial charge in [0.05, 0.1) is 5.75 Å². The van der Waals surface area contributed by atoms with Crippen molar-refractivity contribution in [3.8, 4) is 0 Å². The van der Waals surface area contributed by atoms with E-state index in [-0.39, 0.29) is 11.8 Å². The normalized spacial score (nSPS) is 23.7. The molecule has 2 rings (SSSR count). The van der Waals surface area contributed by atoms with E-state index in [4.69, 9.17) is 5.73 Å². The van der Waals surface area contributed by atoms with Gasteiger partial charge in [-0.05, 0) is 29.9 Å². The Bertz CT molecular complexity index is 540. The van der Waals surface area contributed by atoms with Gasteiger partial charge in [0.15, 0.2) is 0 Å². The number of hydrogen-bond donors (Lipinski definition) is 2. The molecule has 2 unspecified atom stereocenters. The molecule has 1 aromatic rings. The summed E-state index contributed by atoms with van der Waals surface area (Å²) in [5.41, 5.74) is 7.37. The highest BCUT2D eigenvalue weighted by atomic mass is 32.2. The second kappa shape index (κ2) is 7.38. The van der Waals surface area contributed by atoms with Crippen molar-refractivity contribution in [2.45, 2.75) is 57.4 Å². The third kappa shape index (κ3) is 5.09. The van der Waals surface area contributed by atoms with E-state index < -0.39 is 10.0 Å². The van der Waals surface area contributed by atoms with Gasteiger partial charge in [-0.3, -0.25) is 0 Å². The Morgan fingerprint density at radius 1 is 1.10 bits per heavy atom. The fraction of sp³-hybridized carbons (Fsp3) is 0.625. The molecule has 0 spiro atoms. The topological polar surface area (TPSA) is 72.2 Å². The molecule has 0 aliphatic heterocycles. The lowest BCUT2D eigenvalue weighted by Crippen LogP contribution is -2.39. The maximum absolute atomic E-state index is 12.3. The second-order valence-corrected chi connectivity index (χ2v) is 7.87. The molecule has 1 saturated carbocycles. The van der Waals surface area contributed by atoms with Gasteiger partial charge >= 0.3 is 0 Å². The van der Waals surface area contributed by atoms with Crippen LogP contribution in [0, 0.1) is 5.92 Å². The predicted molar refractivity (Wildman–Crippen MR) is 86.1 cm³/mol. The van der Waals surface area contributed by atoms with Gasteiger partial charge in [-0.25, -0.2) is 13.1 Å². The molecule has 1 aliphatic rings. The first kappa shape index (κ1) is 16.5. The fourth-order valence-electron chi connectivity index (χ4n) is 2.93. The van der Waals surface area contributed by atoms with Gasteiger partial charge < -0.3 is 5.73 Å². The second-order valence-electron chi connectivity index (χ2n) is 6.12. The molecule has 118 valence electrons. The van der Waals surface area contributed by atoms with Crippen molar-refractivity contribution < 1.29 is 8.42 Å². The quantitative estimate of drug-likeness (QED) is 0.821. The van der Waals surface area contributed by atoms with Gasteiger partial charge in [0.2, 0.25) is 10.0 Å². The maximum atomic E-state index is 12.3. The first-order valence-electron chi connectivity index (χ1n) is 7.78. The van der Waals surface area contributed by atoms with E-state index in [1.807, 2.05) is 24.3 Å². The van der Waals surface area contributed by atoms with E-state index in [1.54, 1.807) is 0 Å². The zero-order valence-electron chi connectivity index (χ0n) is 12.7. The molecule has 0 radical (unpaired) electrons. The highest BCUT2D eigenvalue weighted by Gasteiger charge is 2.24. The number of sulfonamides is 1. The zero-order chi connectivity index (χ0) is 15.3. The van der Waals surface area contributed by atoms with Crippen molar-refractivity contribution >= 4 is 10.0 Å². The Labute approximate surface area is 128 Å². The van der Waals surface area contributed by atoms with Crippen LogP contribution in [0.25, 0.3) is 0 Å². The van der Waals surface area contributed by atoms with Crippen LogP contribution in [0.3, 0.4) is 0 Å². The number of nitrogens with one attached hydrogen (secondary N) is 1. The molecule has 4 nitrogen and oxygen atoms in total. The summed E-state index contributed by atoms with van der Waals surface area (Å²) >= 11 is 0. The Hall–Kier alpha value is -0.910. The van der Waals surface area contributed by atoms with Gasteiger partial charge in [-0.1, -0.05) is 50.5 Å². The molecule has 0 saturated heterocycles. The minimum atomic E-state index is -3.28. The van der Waals surface area contributed by atoms with Crippen LogP contribution in [0.4, 0.5) is 0 Å². The smallest absolute Gasteiger partial charge is 0.216 e. The average molecular weight is 310 g/mol. The molecule has 0 amide bonds. The number of rotatable bonds is 5. The maximum Gasteiger partial charge on any atom is 0.216 e. The van der Waals surface area contributed by atoms with Crippen molar-refractivity contribution in [3.63, 3.8) is 0 Å². The van der Waals surface area contributed by atoms with Gasteiger partial charge in [0, 0.05) is 12.6 Å². The van der Waals surface area contributed by atoms with Gasteiger partial charge in [0.25, 0.3) is 0 Å². The van der Waals surface area contributed by atoms with Crippen molar-refractivity contribution in [1.29, 1.82) is 0 Å². The standard InChI is InChI=1S/C16H26N2O2S/c1-13-5-3-2-4-6-16(13)18-21(19,20)12-15-9-7-14(11-17)8-10-15/h7-10,13,16,18H,2-6,11-12,17H2,1H3. The van der Waals surface area contributed by atoms with Crippen molar-refractivity contribution in [2.75, 3.05) is 0 Å². The first-order valence-corrected chi connectivity index (χ1v) is 9.43. The molecule has 2 atom stereocenters. The van der Waals surface area contributed by atoms with E-state index >= 15 is 0 Å². The molecular formula is C16H26N2O2S. The van der Waals surface area contributed by atoms with E-state index in [0.717, 1.165) is 30.4 Å². The van der Waals surface area contributed by atoms with E-state index in [1.165, 1.54) is 12.8 Å². The lowest BCUT2D eigenvalue weighted by atomic mass is 9.98. The lowest BCUT2D eigenvalue weighted by Gasteiger charge is -2.22. The van der Waals surface area contributed by atoms with Crippen LogP contribution < -0.4 is 10.5 Å². The Morgan fingerprint density at radius 2 is 1.71 bits per heavy atom. The van der Waals surface area contributed by atoms with Crippen LogP contribution in [-0.2, 0) is 22.3 Å². The first-order chi connectivity index (χ1) is 10.00. The van der Waals surface area contributed by atoms with Crippen LogP contribution in [0.15, 0.2) is 24.3 Å². The molecule has 21 heavy (non-hydrogen) atoms. The zero-order valence-corrected chi connectivity index (χ0v) is 13.5. The summed E-state index contributed by atoms with van der Waals surface area (Å²) in [5.74, 6) is 0.461. The highest BCUT2D eigenvalue weighted by Crippen LogP contribution is 2.24. The Balaban J connectivity index is 2.00. The molecule has 1 aliphatic carbocycles. The predicted octanol–water partition coefficient (Wildman–Crippen LogP) is 2.53. The monoisotopic (exact) mass is 310 g/mol. The summed E-state index contributed by atoms with van der Waals surface area (Å²) in [6.07, 6.45) is 5.59. The summed E-state index contributed by atoms with van der Waals surface area (Å²) in [4.78, 5) is 0. The summed E-state index contributed by atoms with van der Waals surface area (Å²) in [6.45, 7) is 2.62. The van der Waals surface area contributed by atoms with E-state index in [0.29, 0.717) is 12.5 Å². The highest BCUT2D eigenvalue weighted by molar-refractivity contribution is 7.88. The molecular weight excluding hydrogens is 284 g/mol. The Kier molecular flexibility index (Phi) is 5.79.